The number of nitrogens with one attached hydrogen (secondary N) is 1. The van der Waals surface area contributed by atoms with E-state index in [1.165, 1.54) is 12.1 Å². The molecule has 0 radical (unpaired) electrons. The van der Waals surface area contributed by atoms with E-state index in [1.54, 1.807) is 13.2 Å². The summed E-state index contributed by atoms with van der Waals surface area (Å²) in [4.78, 5) is 13.4. The van der Waals surface area contributed by atoms with E-state index in [1.807, 2.05) is 31.2 Å². The number of carbonyl (C=O) groups is 1. The first kappa shape index (κ1) is 19.2. The molecule has 1 aliphatic carbocycles. The molecular weight excluding hydrogens is 396 g/mol. The zero-order valence-corrected chi connectivity index (χ0v) is 17.2. The Morgan fingerprint density at radius 2 is 1.81 bits per heavy atom. The maximum Gasteiger partial charge on any atom is 0.233 e. The molecule has 0 fully saturated rings. The summed E-state index contributed by atoms with van der Waals surface area (Å²) in [5, 5.41) is 27.2. The van der Waals surface area contributed by atoms with Gasteiger partial charge in [0.15, 0.2) is 17.3 Å². The van der Waals surface area contributed by atoms with Crippen LogP contribution in [-0.2, 0) is 4.79 Å². The van der Waals surface area contributed by atoms with Crippen molar-refractivity contribution in [3.63, 3.8) is 0 Å². The van der Waals surface area contributed by atoms with Gasteiger partial charge in [0, 0.05) is 23.6 Å². The molecule has 0 amide bonds. The number of aromatic hydroxyl groups is 2. The number of benzene rings is 2. The summed E-state index contributed by atoms with van der Waals surface area (Å²) in [5.74, 6) is 0.500. The molecule has 0 saturated heterocycles. The van der Waals surface area contributed by atoms with E-state index in [-0.39, 0.29) is 23.2 Å². The number of methoxy groups -OCH3 is 1. The Morgan fingerprint density at radius 3 is 2.52 bits per heavy atom. The van der Waals surface area contributed by atoms with E-state index in [0.717, 1.165) is 22.6 Å². The maximum absolute atomic E-state index is 13.4. The monoisotopic (exact) mass is 418 g/mol. The van der Waals surface area contributed by atoms with Crippen molar-refractivity contribution in [2.24, 2.45) is 0 Å². The number of carbonyl (C=O) groups excluding carboxylic acids is 1. The fourth-order valence-electron chi connectivity index (χ4n) is 4.64. The lowest BCUT2D eigenvalue weighted by atomic mass is 9.72. The third-order valence-electron chi connectivity index (χ3n) is 6.18. The van der Waals surface area contributed by atoms with E-state index < -0.39 is 5.92 Å². The summed E-state index contributed by atoms with van der Waals surface area (Å²) in [6.07, 6.45) is 1.03. The SMILES string of the molecule is COc1ccc([C@@H]2CC(=O)C3=C(C2)Nc2onc(C)c2[C@H]3c2ccc(O)c(O)c2)cc1. The minimum atomic E-state index is -0.423. The molecule has 0 bridgehead atoms. The third-order valence-corrected chi connectivity index (χ3v) is 6.18. The van der Waals surface area contributed by atoms with Crippen LogP contribution in [-0.4, -0.2) is 28.3 Å². The second kappa shape index (κ2) is 7.19. The number of phenols is 2. The van der Waals surface area contributed by atoms with Crippen LogP contribution in [0.5, 0.6) is 17.2 Å². The maximum atomic E-state index is 13.4. The van der Waals surface area contributed by atoms with Gasteiger partial charge in [-0.3, -0.25) is 4.79 Å². The van der Waals surface area contributed by atoms with Gasteiger partial charge in [0.25, 0.3) is 0 Å². The minimum Gasteiger partial charge on any atom is -0.504 e. The molecule has 2 aromatic carbocycles. The zero-order chi connectivity index (χ0) is 21.7. The first-order chi connectivity index (χ1) is 15.0. The summed E-state index contributed by atoms with van der Waals surface area (Å²) in [7, 11) is 1.63. The number of aromatic nitrogens is 1. The van der Waals surface area contributed by atoms with Gasteiger partial charge >= 0.3 is 0 Å². The number of rotatable bonds is 3. The number of aryl methyl sites for hydroxylation is 1. The first-order valence-corrected chi connectivity index (χ1v) is 10.1. The molecule has 0 unspecified atom stereocenters. The molecule has 1 aromatic heterocycles. The molecule has 31 heavy (non-hydrogen) atoms. The van der Waals surface area contributed by atoms with E-state index in [4.69, 9.17) is 9.26 Å². The lowest BCUT2D eigenvalue weighted by Crippen LogP contribution is -2.29. The second-order valence-electron chi connectivity index (χ2n) is 8.01. The Labute approximate surface area is 179 Å². The second-order valence-corrected chi connectivity index (χ2v) is 8.01. The number of Topliss-reactive ketones (excluding diaryl/α,β-unsaturated/α-hetero) is 1. The van der Waals surface area contributed by atoms with Crippen LogP contribution in [0.1, 0.15) is 47.1 Å². The van der Waals surface area contributed by atoms with Crippen LogP contribution in [0.4, 0.5) is 5.88 Å². The van der Waals surface area contributed by atoms with Crippen molar-refractivity contribution >= 4 is 11.7 Å². The largest absolute Gasteiger partial charge is 0.504 e. The van der Waals surface area contributed by atoms with E-state index >= 15 is 0 Å². The summed E-state index contributed by atoms with van der Waals surface area (Å²) in [6, 6.07) is 12.4. The van der Waals surface area contributed by atoms with E-state index in [0.29, 0.717) is 35.6 Å². The quantitative estimate of drug-likeness (QED) is 0.543. The van der Waals surface area contributed by atoms with Gasteiger partial charge in [0.1, 0.15) is 5.75 Å². The lowest BCUT2D eigenvalue weighted by molar-refractivity contribution is -0.116. The average molecular weight is 418 g/mol. The smallest absolute Gasteiger partial charge is 0.233 e. The number of hydrogen-bond acceptors (Lipinski definition) is 7. The highest BCUT2D eigenvalue weighted by molar-refractivity contribution is 6.01. The van der Waals surface area contributed by atoms with Crippen LogP contribution >= 0.6 is 0 Å². The Balaban J connectivity index is 1.59. The number of allylic oxidation sites excluding steroid dienone is 2. The van der Waals surface area contributed by atoms with Gasteiger partial charge in [-0.2, -0.15) is 0 Å². The zero-order valence-electron chi connectivity index (χ0n) is 17.2. The highest BCUT2D eigenvalue weighted by atomic mass is 16.5. The Hall–Kier alpha value is -3.74. The molecule has 5 rings (SSSR count). The highest BCUT2D eigenvalue weighted by Crippen LogP contribution is 2.49. The number of ketones is 1. The van der Waals surface area contributed by atoms with Crippen LogP contribution < -0.4 is 10.1 Å². The van der Waals surface area contributed by atoms with Crippen molar-refractivity contribution in [2.75, 3.05) is 12.4 Å². The van der Waals surface area contributed by atoms with Crippen LogP contribution in [0, 0.1) is 6.92 Å². The van der Waals surface area contributed by atoms with E-state index in [2.05, 4.69) is 10.5 Å². The van der Waals surface area contributed by atoms with Crippen molar-refractivity contribution in [1.82, 2.24) is 5.16 Å². The molecule has 2 aliphatic rings. The van der Waals surface area contributed by atoms with Crippen molar-refractivity contribution in [3.05, 3.63) is 76.1 Å². The number of nitrogens with zero attached hydrogens (tertiary/aromatic N) is 1. The lowest BCUT2D eigenvalue weighted by Gasteiger charge is -2.34. The minimum absolute atomic E-state index is 0.0316. The Morgan fingerprint density at radius 1 is 1.06 bits per heavy atom. The molecule has 0 saturated carbocycles. The number of fused-ring (bicyclic) bond motifs is 1. The van der Waals surface area contributed by atoms with Gasteiger partial charge in [0.2, 0.25) is 5.88 Å². The van der Waals surface area contributed by atoms with Crippen LogP contribution in [0.2, 0.25) is 0 Å². The predicted octanol–water partition coefficient (Wildman–Crippen LogP) is 4.36. The summed E-state index contributed by atoms with van der Waals surface area (Å²) < 4.78 is 10.8. The van der Waals surface area contributed by atoms with Gasteiger partial charge in [0.05, 0.1) is 18.4 Å². The Bertz CT molecular complexity index is 1210. The van der Waals surface area contributed by atoms with Gasteiger partial charge in [-0.1, -0.05) is 23.4 Å². The fraction of sp³-hybridized carbons (Fsp3) is 0.250. The summed E-state index contributed by atoms with van der Waals surface area (Å²) in [6.45, 7) is 1.83. The summed E-state index contributed by atoms with van der Waals surface area (Å²) in [5.41, 5.74) is 4.69. The normalized spacial score (nSPS) is 20.1. The van der Waals surface area contributed by atoms with Crippen LogP contribution in [0.25, 0.3) is 0 Å². The number of anilines is 1. The topological polar surface area (TPSA) is 105 Å². The van der Waals surface area contributed by atoms with Gasteiger partial charge in [-0.25, -0.2) is 0 Å². The van der Waals surface area contributed by atoms with Gasteiger partial charge in [-0.05, 0) is 54.7 Å². The molecule has 7 nitrogen and oxygen atoms in total. The molecule has 3 N–H and O–H groups in total. The molecular formula is C24H22N2O5. The average Bonchev–Trinajstić information content (AvgIpc) is 3.14. The molecule has 7 heteroatoms. The van der Waals surface area contributed by atoms with Crippen LogP contribution in [0.3, 0.4) is 0 Å². The molecule has 2 heterocycles. The van der Waals surface area contributed by atoms with Crippen molar-refractivity contribution in [1.29, 1.82) is 0 Å². The highest BCUT2D eigenvalue weighted by Gasteiger charge is 2.41. The summed E-state index contributed by atoms with van der Waals surface area (Å²) >= 11 is 0. The molecule has 158 valence electrons. The predicted molar refractivity (Wildman–Crippen MR) is 113 cm³/mol. The number of phenolic OH excluding ortho intramolecular Hbond substituents is 2. The molecule has 3 aromatic rings. The van der Waals surface area contributed by atoms with Crippen molar-refractivity contribution in [3.8, 4) is 17.2 Å². The van der Waals surface area contributed by atoms with Gasteiger partial charge < -0.3 is 24.8 Å². The molecule has 1 aliphatic heterocycles. The van der Waals surface area contributed by atoms with Gasteiger partial charge in [-0.15, -0.1) is 0 Å². The Kier molecular flexibility index (Phi) is 4.46. The van der Waals surface area contributed by atoms with E-state index in [9.17, 15) is 15.0 Å². The van der Waals surface area contributed by atoms with Crippen LogP contribution in [0.15, 0.2) is 58.3 Å². The van der Waals surface area contributed by atoms with Crippen molar-refractivity contribution < 1.29 is 24.3 Å². The number of ether oxygens (including phenoxy) is 1. The standard InChI is InChI=1S/C24H22N2O5/c1-12-21-22(14-5-8-18(27)19(28)10-14)23-17(25-24(21)31-26-12)9-15(11-20(23)29)13-3-6-16(30-2)7-4-13/h3-8,10,15,22,25,27-28H,9,11H2,1-2H3/t15-,22+/m0/s1. The molecule has 0 spiro atoms. The third kappa shape index (κ3) is 3.13. The fourth-order valence-corrected chi connectivity index (χ4v) is 4.64. The number of hydrogen-bond donors (Lipinski definition) is 3. The van der Waals surface area contributed by atoms with Crippen molar-refractivity contribution in [2.45, 2.75) is 31.6 Å². The molecule has 2 atom stereocenters. The first-order valence-electron chi connectivity index (χ1n) is 10.1.